The standard InChI is InChI=1S/C15H28N2O3S/c1-5-21-12-7-13(18)16-8-6-9-17(11-10-16)14(19)20-15(2,3)4/h5-12H2,1-4H3. The molecule has 0 saturated carbocycles. The van der Waals surface area contributed by atoms with E-state index in [1.165, 1.54) is 0 Å². The smallest absolute Gasteiger partial charge is 0.410 e. The number of rotatable bonds is 4. The lowest BCUT2D eigenvalue weighted by Crippen LogP contribution is -2.40. The van der Waals surface area contributed by atoms with Crippen LogP contribution in [0.15, 0.2) is 0 Å². The first-order valence-corrected chi connectivity index (χ1v) is 8.82. The molecule has 0 aromatic heterocycles. The third-order valence-electron chi connectivity index (χ3n) is 3.16. The lowest BCUT2D eigenvalue weighted by Gasteiger charge is -2.26. The van der Waals surface area contributed by atoms with Crippen LogP contribution in [0.5, 0.6) is 0 Å². The minimum Gasteiger partial charge on any atom is -0.444 e. The zero-order valence-electron chi connectivity index (χ0n) is 13.7. The van der Waals surface area contributed by atoms with Crippen LogP contribution in [0.4, 0.5) is 4.79 Å². The van der Waals surface area contributed by atoms with Crippen LogP contribution >= 0.6 is 11.8 Å². The first kappa shape index (κ1) is 18.1. The van der Waals surface area contributed by atoms with E-state index >= 15 is 0 Å². The number of amides is 2. The molecule has 1 aliphatic heterocycles. The van der Waals surface area contributed by atoms with Gasteiger partial charge in [-0.2, -0.15) is 11.8 Å². The second-order valence-electron chi connectivity index (χ2n) is 6.15. The largest absolute Gasteiger partial charge is 0.444 e. The van der Waals surface area contributed by atoms with Crippen molar-refractivity contribution in [2.75, 3.05) is 37.7 Å². The predicted molar refractivity (Wildman–Crippen MR) is 86.6 cm³/mol. The van der Waals surface area contributed by atoms with Crippen LogP contribution in [0.1, 0.15) is 40.5 Å². The summed E-state index contributed by atoms with van der Waals surface area (Å²) < 4.78 is 5.39. The maximum absolute atomic E-state index is 12.1. The minimum atomic E-state index is -0.476. The quantitative estimate of drug-likeness (QED) is 0.748. The summed E-state index contributed by atoms with van der Waals surface area (Å²) in [5.74, 6) is 2.11. The molecule has 1 aliphatic rings. The molecule has 0 unspecified atom stereocenters. The van der Waals surface area contributed by atoms with E-state index in [0.29, 0.717) is 26.1 Å². The van der Waals surface area contributed by atoms with Crippen molar-refractivity contribution in [1.29, 1.82) is 0 Å². The van der Waals surface area contributed by atoms with Gasteiger partial charge in [0.25, 0.3) is 0 Å². The first-order chi connectivity index (χ1) is 9.83. The Morgan fingerprint density at radius 3 is 2.33 bits per heavy atom. The Kier molecular flexibility index (Phi) is 7.35. The molecule has 2 amide bonds. The summed E-state index contributed by atoms with van der Waals surface area (Å²) in [7, 11) is 0. The van der Waals surface area contributed by atoms with Gasteiger partial charge in [0.15, 0.2) is 0 Å². The van der Waals surface area contributed by atoms with Crippen molar-refractivity contribution in [2.45, 2.75) is 46.1 Å². The number of nitrogens with zero attached hydrogens (tertiary/aromatic N) is 2. The molecule has 21 heavy (non-hydrogen) atoms. The van der Waals surface area contributed by atoms with E-state index in [2.05, 4.69) is 6.92 Å². The third kappa shape index (κ3) is 7.07. The topological polar surface area (TPSA) is 49.9 Å². The van der Waals surface area contributed by atoms with Crippen LogP contribution in [0, 0.1) is 0 Å². The highest BCUT2D eigenvalue weighted by atomic mass is 32.2. The first-order valence-electron chi connectivity index (χ1n) is 7.67. The summed E-state index contributed by atoms with van der Waals surface area (Å²) in [4.78, 5) is 27.7. The molecule has 1 heterocycles. The molecular weight excluding hydrogens is 288 g/mol. The zero-order chi connectivity index (χ0) is 15.9. The van der Waals surface area contributed by atoms with Crippen molar-refractivity contribution in [3.8, 4) is 0 Å². The number of hydrogen-bond donors (Lipinski definition) is 0. The average molecular weight is 316 g/mol. The molecule has 0 bridgehead atoms. The van der Waals surface area contributed by atoms with Crippen molar-refractivity contribution in [3.63, 3.8) is 0 Å². The van der Waals surface area contributed by atoms with E-state index in [9.17, 15) is 9.59 Å². The van der Waals surface area contributed by atoms with E-state index in [4.69, 9.17) is 4.74 Å². The molecule has 0 atom stereocenters. The van der Waals surface area contributed by atoms with Crippen molar-refractivity contribution in [3.05, 3.63) is 0 Å². The maximum Gasteiger partial charge on any atom is 0.410 e. The van der Waals surface area contributed by atoms with Crippen LogP contribution in [0.25, 0.3) is 0 Å². The summed E-state index contributed by atoms with van der Waals surface area (Å²) in [5, 5.41) is 0. The number of carbonyl (C=O) groups is 2. The fourth-order valence-electron chi connectivity index (χ4n) is 2.14. The van der Waals surface area contributed by atoms with E-state index in [-0.39, 0.29) is 12.0 Å². The van der Waals surface area contributed by atoms with Crippen LogP contribution in [-0.4, -0.2) is 65.1 Å². The van der Waals surface area contributed by atoms with Crippen LogP contribution in [0.3, 0.4) is 0 Å². The Morgan fingerprint density at radius 2 is 1.71 bits per heavy atom. The molecule has 1 saturated heterocycles. The van der Waals surface area contributed by atoms with Gasteiger partial charge >= 0.3 is 6.09 Å². The molecule has 6 heteroatoms. The van der Waals surface area contributed by atoms with E-state index in [1.54, 1.807) is 16.7 Å². The Balaban J connectivity index is 2.43. The van der Waals surface area contributed by atoms with E-state index < -0.39 is 5.60 Å². The highest BCUT2D eigenvalue weighted by molar-refractivity contribution is 7.99. The highest BCUT2D eigenvalue weighted by Crippen LogP contribution is 2.13. The lowest BCUT2D eigenvalue weighted by atomic mass is 10.2. The summed E-state index contributed by atoms with van der Waals surface area (Å²) >= 11 is 1.79. The summed E-state index contributed by atoms with van der Waals surface area (Å²) in [6.45, 7) is 10.2. The molecule has 1 rings (SSSR count). The molecule has 0 radical (unpaired) electrons. The van der Waals surface area contributed by atoms with Gasteiger partial charge in [0, 0.05) is 38.4 Å². The van der Waals surface area contributed by atoms with Gasteiger partial charge in [-0.3, -0.25) is 4.79 Å². The monoisotopic (exact) mass is 316 g/mol. The van der Waals surface area contributed by atoms with Gasteiger partial charge in [-0.1, -0.05) is 6.92 Å². The predicted octanol–water partition coefficient (Wildman–Crippen LogP) is 2.60. The Morgan fingerprint density at radius 1 is 1.10 bits per heavy atom. The van der Waals surface area contributed by atoms with Crippen molar-refractivity contribution in [1.82, 2.24) is 9.80 Å². The van der Waals surface area contributed by atoms with Gasteiger partial charge < -0.3 is 14.5 Å². The van der Waals surface area contributed by atoms with Gasteiger partial charge in [-0.25, -0.2) is 4.79 Å². The molecular formula is C15H28N2O3S. The molecule has 0 aromatic carbocycles. The van der Waals surface area contributed by atoms with Crippen LogP contribution < -0.4 is 0 Å². The third-order valence-corrected chi connectivity index (χ3v) is 4.07. The summed E-state index contributed by atoms with van der Waals surface area (Å²) in [5.41, 5.74) is -0.476. The Labute approximate surface area is 132 Å². The Bertz CT molecular complexity index is 355. The fourth-order valence-corrected chi connectivity index (χ4v) is 2.75. The van der Waals surface area contributed by atoms with Gasteiger partial charge in [0.2, 0.25) is 5.91 Å². The average Bonchev–Trinajstić information content (AvgIpc) is 2.62. The van der Waals surface area contributed by atoms with E-state index in [0.717, 1.165) is 24.5 Å². The van der Waals surface area contributed by atoms with Crippen molar-refractivity contribution < 1.29 is 14.3 Å². The van der Waals surface area contributed by atoms with Crippen LogP contribution in [-0.2, 0) is 9.53 Å². The zero-order valence-corrected chi connectivity index (χ0v) is 14.5. The fraction of sp³-hybridized carbons (Fsp3) is 0.867. The number of thioether (sulfide) groups is 1. The SMILES string of the molecule is CCSCCC(=O)N1CCCN(C(=O)OC(C)(C)C)CC1. The Hall–Kier alpha value is -0.910. The number of hydrogen-bond acceptors (Lipinski definition) is 4. The lowest BCUT2D eigenvalue weighted by molar-refractivity contribution is -0.130. The van der Waals surface area contributed by atoms with Crippen molar-refractivity contribution >= 4 is 23.8 Å². The molecule has 0 N–H and O–H groups in total. The second kappa shape index (κ2) is 8.51. The number of ether oxygens (including phenoxy) is 1. The minimum absolute atomic E-state index is 0.196. The summed E-state index contributed by atoms with van der Waals surface area (Å²) in [6.07, 6.45) is 1.12. The normalized spacial score (nSPS) is 16.6. The van der Waals surface area contributed by atoms with Gasteiger partial charge in [0.05, 0.1) is 0 Å². The van der Waals surface area contributed by atoms with Crippen molar-refractivity contribution in [2.24, 2.45) is 0 Å². The van der Waals surface area contributed by atoms with Gasteiger partial charge in [-0.15, -0.1) is 0 Å². The maximum atomic E-state index is 12.1. The second-order valence-corrected chi connectivity index (χ2v) is 7.54. The van der Waals surface area contributed by atoms with Crippen LogP contribution in [0.2, 0.25) is 0 Å². The van der Waals surface area contributed by atoms with Gasteiger partial charge in [-0.05, 0) is 32.9 Å². The number of carbonyl (C=O) groups excluding carboxylic acids is 2. The molecule has 0 aliphatic carbocycles. The molecule has 1 fully saturated rings. The van der Waals surface area contributed by atoms with Gasteiger partial charge in [0.1, 0.15) is 5.60 Å². The molecule has 5 nitrogen and oxygen atoms in total. The highest BCUT2D eigenvalue weighted by Gasteiger charge is 2.25. The molecule has 0 aromatic rings. The molecule has 122 valence electrons. The summed E-state index contributed by atoms with van der Waals surface area (Å²) in [6, 6.07) is 0. The van der Waals surface area contributed by atoms with E-state index in [1.807, 2.05) is 25.7 Å². The molecule has 0 spiro atoms.